The van der Waals surface area contributed by atoms with Gasteiger partial charge < -0.3 is 44.5 Å². The van der Waals surface area contributed by atoms with Gasteiger partial charge in [-0.15, -0.1) is 0 Å². The van der Waals surface area contributed by atoms with E-state index in [1.54, 1.807) is 47.6 Å². The molecule has 0 bridgehead atoms. The number of methoxy groups -OCH3 is 3. The van der Waals surface area contributed by atoms with Gasteiger partial charge in [-0.05, 0) is 76.9 Å². The van der Waals surface area contributed by atoms with Gasteiger partial charge in [0.15, 0.2) is 23.7 Å². The average Bonchev–Trinajstić information content (AvgIpc) is 2.88. The third-order valence-corrected chi connectivity index (χ3v) is 5.03. The molecule has 0 fully saturated rings. The van der Waals surface area contributed by atoms with Gasteiger partial charge in [-0.25, -0.2) is 23.6 Å². The average molecular weight is 611 g/mol. The molecule has 0 aliphatic carbocycles. The fourth-order valence-corrected chi connectivity index (χ4v) is 3.28. The van der Waals surface area contributed by atoms with Gasteiger partial charge in [-0.2, -0.15) is 0 Å². The summed E-state index contributed by atoms with van der Waals surface area (Å²) in [5, 5.41) is 23.0. The monoisotopic (exact) mass is 610 g/mol. The van der Waals surface area contributed by atoms with Crippen LogP contribution in [0.15, 0.2) is 36.4 Å². The fraction of sp³-hybridized carbons (Fsp3) is 0.448. The number of carboxylic acid groups (broad SMARTS) is 2. The van der Waals surface area contributed by atoms with Crippen LogP contribution < -0.4 is 24.8 Å². The minimum atomic E-state index is -1.42. The second kappa shape index (κ2) is 15.5. The van der Waals surface area contributed by atoms with Crippen molar-refractivity contribution in [1.29, 1.82) is 0 Å². The van der Waals surface area contributed by atoms with Gasteiger partial charge in [-0.3, -0.25) is 0 Å². The van der Waals surface area contributed by atoms with Gasteiger partial charge in [0.25, 0.3) is 0 Å². The lowest BCUT2D eigenvalue weighted by Crippen LogP contribution is -2.38. The highest BCUT2D eigenvalue weighted by atomic mass is 19.1. The Labute approximate surface area is 249 Å². The summed E-state index contributed by atoms with van der Waals surface area (Å²) >= 11 is 0. The predicted molar refractivity (Wildman–Crippen MR) is 152 cm³/mol. The fourth-order valence-electron chi connectivity index (χ4n) is 3.28. The number of nitrogens with one attached hydrogen (secondary N) is 2. The minimum Gasteiger partial charge on any atom is -0.497 e. The van der Waals surface area contributed by atoms with Crippen molar-refractivity contribution in [3.05, 3.63) is 53.3 Å². The molecule has 0 aromatic heterocycles. The number of ether oxygens (including phenoxy) is 5. The highest BCUT2D eigenvalue weighted by Gasteiger charge is 2.27. The Balaban J connectivity index is 0.000000430. The van der Waals surface area contributed by atoms with Gasteiger partial charge in [0.1, 0.15) is 22.7 Å². The van der Waals surface area contributed by atoms with Crippen molar-refractivity contribution in [3.63, 3.8) is 0 Å². The summed E-state index contributed by atoms with van der Waals surface area (Å²) in [7, 11) is 4.21. The van der Waals surface area contributed by atoms with E-state index in [0.717, 1.165) is 6.07 Å². The molecular weight excluding hydrogens is 571 g/mol. The molecule has 0 radical (unpaired) electrons. The molecule has 43 heavy (non-hydrogen) atoms. The van der Waals surface area contributed by atoms with Crippen LogP contribution in [0.4, 0.5) is 14.0 Å². The Morgan fingerprint density at radius 3 is 1.42 bits per heavy atom. The van der Waals surface area contributed by atoms with Crippen LogP contribution >= 0.6 is 0 Å². The number of halogens is 1. The quantitative estimate of drug-likeness (QED) is 0.305. The van der Waals surface area contributed by atoms with E-state index in [1.165, 1.54) is 45.6 Å². The molecule has 0 saturated heterocycles. The van der Waals surface area contributed by atoms with E-state index in [9.17, 15) is 28.7 Å². The second-order valence-electron chi connectivity index (χ2n) is 10.9. The number of hydrogen-bond acceptors (Lipinski definition) is 9. The van der Waals surface area contributed by atoms with Crippen molar-refractivity contribution in [2.24, 2.45) is 0 Å². The Bertz CT molecular complexity index is 1260. The van der Waals surface area contributed by atoms with Crippen LogP contribution in [0.3, 0.4) is 0 Å². The van der Waals surface area contributed by atoms with Crippen molar-refractivity contribution in [1.82, 2.24) is 10.6 Å². The third-order valence-electron chi connectivity index (χ3n) is 5.03. The number of carboxylic acids is 2. The third kappa shape index (κ3) is 12.8. The molecule has 4 N–H and O–H groups in total. The largest absolute Gasteiger partial charge is 0.497 e. The van der Waals surface area contributed by atoms with Crippen molar-refractivity contribution >= 4 is 24.1 Å². The number of carbonyl (C=O) groups excluding carboxylic acids is 2. The first-order valence-corrected chi connectivity index (χ1v) is 12.8. The molecule has 0 aliphatic rings. The van der Waals surface area contributed by atoms with Crippen LogP contribution in [0.5, 0.6) is 17.2 Å². The lowest BCUT2D eigenvalue weighted by molar-refractivity contribution is -0.140. The van der Waals surface area contributed by atoms with Gasteiger partial charge in [-0.1, -0.05) is 6.07 Å². The zero-order valence-corrected chi connectivity index (χ0v) is 25.6. The SMILES string of the molecule is COc1cc(OC)cc(C(NC(=O)OC(C)(C)C)C(=O)O)c1.COc1ccc(C(NC(=O)OC(C)(C)C)C(=O)O)cc1F. The van der Waals surface area contributed by atoms with Crippen molar-refractivity contribution in [2.45, 2.75) is 64.8 Å². The number of rotatable bonds is 9. The summed E-state index contributed by atoms with van der Waals surface area (Å²) in [6, 6.07) is 5.58. The zero-order chi connectivity index (χ0) is 33.1. The highest BCUT2D eigenvalue weighted by molar-refractivity contribution is 5.82. The van der Waals surface area contributed by atoms with Crippen LogP contribution in [0.2, 0.25) is 0 Å². The number of carbonyl (C=O) groups is 4. The topological polar surface area (TPSA) is 179 Å². The molecule has 2 aromatic carbocycles. The van der Waals surface area contributed by atoms with E-state index in [-0.39, 0.29) is 11.3 Å². The number of alkyl carbamates (subject to hydrolysis) is 2. The summed E-state index contributed by atoms with van der Waals surface area (Å²) in [6.07, 6.45) is -1.71. The Morgan fingerprint density at radius 2 is 1.09 bits per heavy atom. The minimum absolute atomic E-state index is 0.0137. The summed E-state index contributed by atoms with van der Waals surface area (Å²) in [5.74, 6) is -2.43. The second-order valence-corrected chi connectivity index (χ2v) is 10.9. The maximum absolute atomic E-state index is 13.6. The molecule has 0 aliphatic heterocycles. The summed E-state index contributed by atoms with van der Waals surface area (Å²) in [4.78, 5) is 46.1. The molecule has 238 valence electrons. The summed E-state index contributed by atoms with van der Waals surface area (Å²) < 4.78 is 38.6. The van der Waals surface area contributed by atoms with Gasteiger partial charge in [0.2, 0.25) is 0 Å². The first kappa shape index (κ1) is 36.3. The Hall–Kier alpha value is -4.75. The number of amides is 2. The maximum atomic E-state index is 13.6. The zero-order valence-electron chi connectivity index (χ0n) is 25.6. The lowest BCUT2D eigenvalue weighted by Gasteiger charge is -2.22. The molecule has 2 rings (SSSR count). The van der Waals surface area contributed by atoms with Gasteiger partial charge >= 0.3 is 24.1 Å². The van der Waals surface area contributed by atoms with Crippen LogP contribution in [0, 0.1) is 5.82 Å². The van der Waals surface area contributed by atoms with E-state index in [4.69, 9.17) is 28.8 Å². The molecule has 0 spiro atoms. The molecule has 2 amide bonds. The van der Waals surface area contributed by atoms with Crippen molar-refractivity contribution in [2.75, 3.05) is 21.3 Å². The molecule has 0 heterocycles. The molecule has 2 unspecified atom stereocenters. The van der Waals surface area contributed by atoms with E-state index >= 15 is 0 Å². The van der Waals surface area contributed by atoms with Crippen molar-refractivity contribution in [3.8, 4) is 17.2 Å². The van der Waals surface area contributed by atoms with E-state index in [2.05, 4.69) is 10.6 Å². The molecule has 13 nitrogen and oxygen atoms in total. The van der Waals surface area contributed by atoms with E-state index < -0.39 is 53.2 Å². The molecule has 2 aromatic rings. The first-order chi connectivity index (χ1) is 19.8. The summed E-state index contributed by atoms with van der Waals surface area (Å²) in [5.41, 5.74) is -1.10. The van der Waals surface area contributed by atoms with Crippen LogP contribution in [-0.2, 0) is 19.1 Å². The van der Waals surface area contributed by atoms with Gasteiger partial charge in [0.05, 0.1) is 21.3 Å². The maximum Gasteiger partial charge on any atom is 0.408 e. The van der Waals surface area contributed by atoms with Crippen molar-refractivity contribution < 1.29 is 57.5 Å². The molecular formula is C29H39FN2O11. The standard InChI is InChI=1S/C15H21NO6.C14H18FNO5/c1-15(2,3)22-14(19)16-12(13(17)18)9-6-10(20-4)8-11(7-9)21-5;1-14(2,3)21-13(19)16-11(12(17)18)8-5-6-10(20-4)9(15)7-8/h6-8,12H,1-5H3,(H,16,19)(H,17,18);5-7,11H,1-4H3,(H,16,19)(H,17,18). The Morgan fingerprint density at radius 1 is 0.674 bits per heavy atom. The Kier molecular flexibility index (Phi) is 13.1. The normalized spacial score (nSPS) is 12.3. The number of benzene rings is 2. The predicted octanol–water partition coefficient (Wildman–Crippen LogP) is 4.84. The molecule has 2 atom stereocenters. The van der Waals surface area contributed by atoms with Crippen LogP contribution in [-0.4, -0.2) is 66.9 Å². The lowest BCUT2D eigenvalue weighted by atomic mass is 10.1. The van der Waals surface area contributed by atoms with Crippen LogP contribution in [0.1, 0.15) is 64.8 Å². The smallest absolute Gasteiger partial charge is 0.408 e. The van der Waals surface area contributed by atoms with E-state index in [1.807, 2.05) is 0 Å². The van der Waals surface area contributed by atoms with Gasteiger partial charge in [0, 0.05) is 6.07 Å². The number of hydrogen-bond donors (Lipinski definition) is 4. The highest BCUT2D eigenvalue weighted by Crippen LogP contribution is 2.27. The van der Waals surface area contributed by atoms with E-state index in [0.29, 0.717) is 17.1 Å². The molecule has 0 saturated carbocycles. The molecule has 14 heteroatoms. The van der Waals surface area contributed by atoms with Crippen LogP contribution in [0.25, 0.3) is 0 Å². The summed E-state index contributed by atoms with van der Waals surface area (Å²) in [6.45, 7) is 10.0. The number of aliphatic carboxylic acids is 2. The first-order valence-electron chi connectivity index (χ1n) is 12.8.